The van der Waals surface area contributed by atoms with Crippen LogP contribution in [0.25, 0.3) is 32.9 Å². The first-order chi connectivity index (χ1) is 17.2. The number of hydrogen-bond donors (Lipinski definition) is 1. The summed E-state index contributed by atoms with van der Waals surface area (Å²) >= 11 is 0. The molecule has 0 bridgehead atoms. The lowest BCUT2D eigenvalue weighted by Gasteiger charge is -2.25. The van der Waals surface area contributed by atoms with Crippen LogP contribution in [-0.4, -0.2) is 46.6 Å². The molecule has 184 valence electrons. The zero-order valence-electron chi connectivity index (χ0n) is 21.0. The number of hydrogen-bond acceptors (Lipinski definition) is 6. The predicted molar refractivity (Wildman–Crippen MR) is 140 cm³/mol. The molecule has 7 heteroatoms. The van der Waals surface area contributed by atoms with Crippen LogP contribution in [0.5, 0.6) is 5.75 Å². The molecule has 1 atom stereocenters. The molecule has 1 N–H and O–H groups in total. The van der Waals surface area contributed by atoms with Crippen LogP contribution in [0.1, 0.15) is 35.4 Å². The second-order valence-electron chi connectivity index (χ2n) is 9.53. The molecule has 0 saturated carbocycles. The highest BCUT2D eigenvalue weighted by atomic mass is 16.5. The first-order valence-electron chi connectivity index (χ1n) is 11.9. The van der Waals surface area contributed by atoms with E-state index in [4.69, 9.17) is 19.4 Å². The molecule has 7 nitrogen and oxygen atoms in total. The summed E-state index contributed by atoms with van der Waals surface area (Å²) < 4.78 is 11.7. The maximum Gasteiger partial charge on any atom is 0.349 e. The second kappa shape index (κ2) is 9.24. The minimum absolute atomic E-state index is 0.329. The number of aliphatic carboxylic acids is 1. The Kier molecular flexibility index (Phi) is 6.10. The van der Waals surface area contributed by atoms with Crippen molar-refractivity contribution in [2.45, 2.75) is 32.9 Å². The van der Waals surface area contributed by atoms with Gasteiger partial charge < -0.3 is 19.5 Å². The minimum Gasteiger partial charge on any atom is -0.493 e. The summed E-state index contributed by atoms with van der Waals surface area (Å²) in [5.41, 5.74) is 6.59. The predicted octanol–water partition coefficient (Wildman–Crippen LogP) is 5.43. The Morgan fingerprint density at radius 1 is 1.25 bits per heavy atom. The summed E-state index contributed by atoms with van der Waals surface area (Å²) in [6.07, 6.45) is 1.37. The molecule has 2 aromatic carbocycles. The summed E-state index contributed by atoms with van der Waals surface area (Å²) in [5, 5.41) is 12.0. The molecule has 0 fully saturated rings. The molecule has 2 aromatic heterocycles. The molecule has 3 heterocycles. The molecule has 0 radical (unpaired) electrons. The molecule has 0 spiro atoms. The van der Waals surface area contributed by atoms with Gasteiger partial charge in [0.2, 0.25) is 6.10 Å². The fourth-order valence-corrected chi connectivity index (χ4v) is 5.04. The number of ether oxygens (including phenoxy) is 2. The van der Waals surface area contributed by atoms with Crippen molar-refractivity contribution in [3.63, 3.8) is 0 Å². The van der Waals surface area contributed by atoms with E-state index in [9.17, 15) is 9.90 Å². The Bertz CT molecular complexity index is 1520. The van der Waals surface area contributed by atoms with Crippen LogP contribution in [-0.2, 0) is 22.5 Å². The third kappa shape index (κ3) is 4.16. The van der Waals surface area contributed by atoms with Gasteiger partial charge in [0, 0.05) is 46.6 Å². The molecule has 1 aliphatic rings. The van der Waals surface area contributed by atoms with Crippen LogP contribution in [0.4, 0.5) is 0 Å². The number of carboxylic acid groups (broad SMARTS) is 1. The SMILES string of the molecule is C=C(C)O[C@H](C(=O)O)c1c(C)cc2nc(CN(C)C)ccc2c1-c1ccc2c3c(ccnc13)CCO2. The smallest absolute Gasteiger partial charge is 0.349 e. The molecular formula is C29H29N3O4. The van der Waals surface area contributed by atoms with Crippen molar-refractivity contribution in [3.8, 4) is 16.9 Å². The topological polar surface area (TPSA) is 84.8 Å². The molecule has 36 heavy (non-hydrogen) atoms. The number of allylic oxidation sites excluding steroid dienone is 1. The van der Waals surface area contributed by atoms with Gasteiger partial charge in [0.25, 0.3) is 0 Å². The van der Waals surface area contributed by atoms with Gasteiger partial charge in [-0.3, -0.25) is 9.97 Å². The first kappa shape index (κ1) is 23.8. The van der Waals surface area contributed by atoms with E-state index in [1.807, 2.05) is 57.4 Å². The fourth-order valence-electron chi connectivity index (χ4n) is 5.04. The lowest BCUT2D eigenvalue weighted by atomic mass is 9.86. The number of nitrogens with zero attached hydrogens (tertiary/aromatic N) is 3. The van der Waals surface area contributed by atoms with Crippen molar-refractivity contribution in [3.05, 3.63) is 77.3 Å². The number of carboxylic acids is 1. The van der Waals surface area contributed by atoms with E-state index >= 15 is 0 Å². The van der Waals surface area contributed by atoms with Gasteiger partial charge in [-0.25, -0.2) is 4.79 Å². The molecule has 0 aliphatic carbocycles. The lowest BCUT2D eigenvalue weighted by Crippen LogP contribution is -2.17. The van der Waals surface area contributed by atoms with E-state index in [-0.39, 0.29) is 0 Å². The molecule has 0 amide bonds. The van der Waals surface area contributed by atoms with Crippen molar-refractivity contribution >= 4 is 27.8 Å². The molecule has 0 saturated heterocycles. The highest BCUT2D eigenvalue weighted by molar-refractivity contribution is 6.08. The maximum absolute atomic E-state index is 12.5. The quantitative estimate of drug-likeness (QED) is 0.351. The molecular weight excluding hydrogens is 454 g/mol. The number of aromatic nitrogens is 2. The van der Waals surface area contributed by atoms with E-state index in [1.165, 1.54) is 5.56 Å². The number of rotatable bonds is 7. The Hall–Kier alpha value is -3.97. The highest BCUT2D eigenvalue weighted by Crippen LogP contribution is 2.44. The van der Waals surface area contributed by atoms with Crippen LogP contribution < -0.4 is 4.74 Å². The molecule has 5 rings (SSSR count). The summed E-state index contributed by atoms with van der Waals surface area (Å²) in [4.78, 5) is 24.2. The van der Waals surface area contributed by atoms with E-state index in [0.717, 1.165) is 56.4 Å². The number of carbonyl (C=O) groups is 1. The average Bonchev–Trinajstić information content (AvgIpc) is 2.82. The van der Waals surface area contributed by atoms with Crippen LogP contribution >= 0.6 is 0 Å². The van der Waals surface area contributed by atoms with Crippen LogP contribution in [0.2, 0.25) is 0 Å². The summed E-state index contributed by atoms with van der Waals surface area (Å²) in [5.74, 6) is 0.0367. The van der Waals surface area contributed by atoms with Crippen molar-refractivity contribution < 1.29 is 19.4 Å². The largest absolute Gasteiger partial charge is 0.493 e. The van der Waals surface area contributed by atoms with E-state index in [1.54, 1.807) is 13.1 Å². The van der Waals surface area contributed by atoms with E-state index in [2.05, 4.69) is 11.5 Å². The normalized spacial score (nSPS) is 13.6. The molecule has 4 aromatic rings. The van der Waals surface area contributed by atoms with Gasteiger partial charge in [-0.1, -0.05) is 12.6 Å². The standard InChI is InChI=1S/C29H29N3O4/c1-16(2)36-28(29(33)34)24-17(3)14-22-20(7-6-19(31-22)15-32(4)5)26(24)21-8-9-23-25-18(11-13-35-23)10-12-30-27(21)25/h6-10,12,14,28H,1,11,13,15H2,2-5H3,(H,33,34)/t28-/m0/s1. The van der Waals surface area contributed by atoms with Crippen LogP contribution in [0.15, 0.2) is 54.9 Å². The molecule has 1 aliphatic heterocycles. The average molecular weight is 484 g/mol. The first-order valence-corrected chi connectivity index (χ1v) is 11.9. The number of pyridine rings is 2. The van der Waals surface area contributed by atoms with Gasteiger partial charge in [0.15, 0.2) is 0 Å². The van der Waals surface area contributed by atoms with Crippen LogP contribution in [0.3, 0.4) is 0 Å². The number of benzene rings is 2. The Balaban J connectivity index is 1.88. The monoisotopic (exact) mass is 483 g/mol. The minimum atomic E-state index is -1.23. The Morgan fingerprint density at radius 2 is 2.06 bits per heavy atom. The Morgan fingerprint density at radius 3 is 2.78 bits per heavy atom. The summed E-state index contributed by atoms with van der Waals surface area (Å²) in [7, 11) is 4.00. The van der Waals surface area contributed by atoms with Gasteiger partial charge >= 0.3 is 5.97 Å². The van der Waals surface area contributed by atoms with E-state index < -0.39 is 12.1 Å². The van der Waals surface area contributed by atoms with Gasteiger partial charge in [0.1, 0.15) is 5.75 Å². The van der Waals surface area contributed by atoms with E-state index in [0.29, 0.717) is 24.5 Å². The number of fused-ring (bicyclic) bond motifs is 1. The van der Waals surface area contributed by atoms with Crippen molar-refractivity contribution in [1.29, 1.82) is 0 Å². The van der Waals surface area contributed by atoms with Gasteiger partial charge in [-0.15, -0.1) is 0 Å². The second-order valence-corrected chi connectivity index (χ2v) is 9.53. The third-order valence-electron chi connectivity index (χ3n) is 6.42. The molecule has 0 unspecified atom stereocenters. The maximum atomic E-state index is 12.5. The summed E-state index contributed by atoms with van der Waals surface area (Å²) in [6.45, 7) is 8.67. The lowest BCUT2D eigenvalue weighted by molar-refractivity contribution is -0.148. The third-order valence-corrected chi connectivity index (χ3v) is 6.42. The van der Waals surface area contributed by atoms with Gasteiger partial charge in [0.05, 0.1) is 29.1 Å². The summed E-state index contributed by atoms with van der Waals surface area (Å²) in [6, 6.07) is 11.9. The zero-order chi connectivity index (χ0) is 25.6. The van der Waals surface area contributed by atoms with Gasteiger partial charge in [-0.05, 0) is 69.4 Å². The highest BCUT2D eigenvalue weighted by Gasteiger charge is 2.30. The van der Waals surface area contributed by atoms with Crippen LogP contribution in [0, 0.1) is 6.92 Å². The van der Waals surface area contributed by atoms with Crippen molar-refractivity contribution in [2.75, 3.05) is 20.7 Å². The Labute approximate surface area is 210 Å². The van der Waals surface area contributed by atoms with Crippen molar-refractivity contribution in [1.82, 2.24) is 14.9 Å². The fraction of sp³-hybridized carbons (Fsp3) is 0.276. The van der Waals surface area contributed by atoms with Gasteiger partial charge in [-0.2, -0.15) is 0 Å². The van der Waals surface area contributed by atoms with Crippen molar-refractivity contribution in [2.24, 2.45) is 0 Å². The zero-order valence-corrected chi connectivity index (χ0v) is 21.0. The number of aryl methyl sites for hydroxylation is 1.